The number of nitrogens with two attached hydrogens (primary N) is 1. The maximum absolute atomic E-state index is 8.99. The Labute approximate surface area is 112 Å². The SMILES string of the molecule is N#Cc1cccc(NC2Cc3ccccc3C2)c1N. The summed E-state index contributed by atoms with van der Waals surface area (Å²) in [5.41, 5.74) is 10.7. The van der Waals surface area contributed by atoms with Crippen LogP contribution >= 0.6 is 0 Å². The van der Waals surface area contributed by atoms with Crippen molar-refractivity contribution in [1.29, 1.82) is 5.26 Å². The van der Waals surface area contributed by atoms with E-state index in [1.54, 1.807) is 6.07 Å². The molecule has 0 heterocycles. The molecule has 2 aromatic rings. The molecule has 0 aromatic heterocycles. The summed E-state index contributed by atoms with van der Waals surface area (Å²) in [5, 5.41) is 12.4. The van der Waals surface area contributed by atoms with E-state index in [4.69, 9.17) is 11.0 Å². The summed E-state index contributed by atoms with van der Waals surface area (Å²) in [5.74, 6) is 0. The second-order valence-electron chi connectivity index (χ2n) is 4.90. The molecular weight excluding hydrogens is 234 g/mol. The summed E-state index contributed by atoms with van der Waals surface area (Å²) < 4.78 is 0. The van der Waals surface area contributed by atoms with Crippen LogP contribution in [0, 0.1) is 11.3 Å². The zero-order chi connectivity index (χ0) is 13.2. The number of nitrogens with one attached hydrogen (secondary N) is 1. The fourth-order valence-electron chi connectivity index (χ4n) is 2.67. The average molecular weight is 249 g/mol. The van der Waals surface area contributed by atoms with Crippen molar-refractivity contribution >= 4 is 11.4 Å². The second-order valence-corrected chi connectivity index (χ2v) is 4.90. The second kappa shape index (κ2) is 4.66. The molecule has 0 fully saturated rings. The van der Waals surface area contributed by atoms with E-state index in [1.807, 2.05) is 12.1 Å². The molecule has 0 saturated carbocycles. The van der Waals surface area contributed by atoms with Gasteiger partial charge in [0.05, 0.1) is 16.9 Å². The number of nitrogens with zero attached hydrogens (tertiary/aromatic N) is 1. The first kappa shape index (κ1) is 11.6. The summed E-state index contributed by atoms with van der Waals surface area (Å²) in [6, 6.07) is 16.5. The Hall–Kier alpha value is -2.47. The first-order valence-electron chi connectivity index (χ1n) is 6.40. The third-order valence-corrected chi connectivity index (χ3v) is 3.64. The van der Waals surface area contributed by atoms with Crippen molar-refractivity contribution in [2.24, 2.45) is 0 Å². The van der Waals surface area contributed by atoms with Crippen molar-refractivity contribution in [2.75, 3.05) is 11.1 Å². The van der Waals surface area contributed by atoms with Gasteiger partial charge in [0, 0.05) is 6.04 Å². The molecule has 0 spiro atoms. The van der Waals surface area contributed by atoms with E-state index in [0.717, 1.165) is 18.5 Å². The highest BCUT2D eigenvalue weighted by Crippen LogP contribution is 2.28. The van der Waals surface area contributed by atoms with Crippen LogP contribution in [-0.2, 0) is 12.8 Å². The molecule has 3 nitrogen and oxygen atoms in total. The van der Waals surface area contributed by atoms with Gasteiger partial charge < -0.3 is 11.1 Å². The molecule has 19 heavy (non-hydrogen) atoms. The zero-order valence-corrected chi connectivity index (χ0v) is 10.6. The third kappa shape index (κ3) is 2.13. The van der Waals surface area contributed by atoms with E-state index in [9.17, 15) is 0 Å². The van der Waals surface area contributed by atoms with Gasteiger partial charge in [-0.05, 0) is 36.1 Å². The molecule has 3 heteroatoms. The number of fused-ring (bicyclic) bond motifs is 1. The van der Waals surface area contributed by atoms with Gasteiger partial charge in [-0.1, -0.05) is 30.3 Å². The Morgan fingerprint density at radius 2 is 1.74 bits per heavy atom. The van der Waals surface area contributed by atoms with E-state index >= 15 is 0 Å². The number of nitrogen functional groups attached to an aromatic ring is 1. The van der Waals surface area contributed by atoms with Crippen LogP contribution in [0.4, 0.5) is 11.4 Å². The molecule has 0 atom stereocenters. The number of para-hydroxylation sites is 1. The molecule has 0 radical (unpaired) electrons. The predicted octanol–water partition coefficient (Wildman–Crippen LogP) is 2.72. The highest BCUT2D eigenvalue weighted by Gasteiger charge is 2.21. The summed E-state index contributed by atoms with van der Waals surface area (Å²) in [4.78, 5) is 0. The minimum atomic E-state index is 0.355. The normalized spacial score (nSPS) is 13.8. The van der Waals surface area contributed by atoms with E-state index in [0.29, 0.717) is 17.3 Å². The maximum atomic E-state index is 8.99. The van der Waals surface area contributed by atoms with Crippen molar-refractivity contribution < 1.29 is 0 Å². The fraction of sp³-hybridized carbons (Fsp3) is 0.188. The lowest BCUT2D eigenvalue weighted by molar-refractivity contribution is 0.775. The van der Waals surface area contributed by atoms with Gasteiger partial charge in [0.15, 0.2) is 0 Å². The number of nitriles is 1. The van der Waals surface area contributed by atoms with Crippen molar-refractivity contribution in [2.45, 2.75) is 18.9 Å². The first-order valence-corrected chi connectivity index (χ1v) is 6.40. The Morgan fingerprint density at radius 1 is 1.05 bits per heavy atom. The Kier molecular flexibility index (Phi) is 2.85. The molecule has 0 amide bonds. The largest absolute Gasteiger partial charge is 0.396 e. The van der Waals surface area contributed by atoms with Crippen LogP contribution in [0.15, 0.2) is 42.5 Å². The summed E-state index contributed by atoms with van der Waals surface area (Å²) in [7, 11) is 0. The monoisotopic (exact) mass is 249 g/mol. The van der Waals surface area contributed by atoms with E-state index in [-0.39, 0.29) is 0 Å². The average Bonchev–Trinajstić information content (AvgIpc) is 2.83. The van der Waals surface area contributed by atoms with Gasteiger partial charge in [-0.3, -0.25) is 0 Å². The van der Waals surface area contributed by atoms with Gasteiger partial charge in [-0.25, -0.2) is 0 Å². The zero-order valence-electron chi connectivity index (χ0n) is 10.6. The molecule has 0 aliphatic heterocycles. The maximum Gasteiger partial charge on any atom is 0.101 e. The van der Waals surface area contributed by atoms with Gasteiger partial charge in [-0.15, -0.1) is 0 Å². The van der Waals surface area contributed by atoms with Crippen LogP contribution in [0.5, 0.6) is 0 Å². The Bertz CT molecular complexity index is 630. The Morgan fingerprint density at radius 3 is 2.37 bits per heavy atom. The molecule has 3 N–H and O–H groups in total. The van der Waals surface area contributed by atoms with Gasteiger partial charge in [0.2, 0.25) is 0 Å². The minimum Gasteiger partial charge on any atom is -0.396 e. The molecule has 2 aromatic carbocycles. The van der Waals surface area contributed by atoms with Crippen molar-refractivity contribution in [3.05, 3.63) is 59.2 Å². The molecule has 0 unspecified atom stereocenters. The molecule has 1 aliphatic carbocycles. The number of benzene rings is 2. The highest BCUT2D eigenvalue weighted by atomic mass is 14.9. The lowest BCUT2D eigenvalue weighted by Crippen LogP contribution is -2.20. The smallest absolute Gasteiger partial charge is 0.101 e. The molecule has 3 rings (SSSR count). The minimum absolute atomic E-state index is 0.355. The van der Waals surface area contributed by atoms with Gasteiger partial charge in [0.25, 0.3) is 0 Å². The van der Waals surface area contributed by atoms with E-state index < -0.39 is 0 Å². The lowest BCUT2D eigenvalue weighted by Gasteiger charge is -2.16. The van der Waals surface area contributed by atoms with Crippen molar-refractivity contribution in [3.8, 4) is 6.07 Å². The molecular formula is C16H15N3. The number of anilines is 2. The molecule has 0 saturated heterocycles. The summed E-state index contributed by atoms with van der Waals surface area (Å²) in [6.07, 6.45) is 2.01. The number of rotatable bonds is 2. The van der Waals surface area contributed by atoms with Crippen molar-refractivity contribution in [3.63, 3.8) is 0 Å². The quantitative estimate of drug-likeness (QED) is 0.804. The Balaban J connectivity index is 1.80. The third-order valence-electron chi connectivity index (χ3n) is 3.64. The summed E-state index contributed by atoms with van der Waals surface area (Å²) >= 11 is 0. The number of hydrogen-bond donors (Lipinski definition) is 2. The topological polar surface area (TPSA) is 61.8 Å². The van der Waals surface area contributed by atoms with Crippen LogP contribution in [0.3, 0.4) is 0 Å². The van der Waals surface area contributed by atoms with E-state index in [2.05, 4.69) is 35.7 Å². The van der Waals surface area contributed by atoms with Crippen molar-refractivity contribution in [1.82, 2.24) is 0 Å². The van der Waals surface area contributed by atoms with Crippen LogP contribution in [-0.4, -0.2) is 6.04 Å². The fourth-order valence-corrected chi connectivity index (χ4v) is 2.67. The molecule has 94 valence electrons. The lowest BCUT2D eigenvalue weighted by atomic mass is 10.1. The first-order chi connectivity index (χ1) is 9.28. The standard InChI is InChI=1S/C16H15N3/c17-10-13-6-3-7-15(16(13)18)19-14-8-11-4-1-2-5-12(11)9-14/h1-7,14,19H,8-9,18H2. The predicted molar refractivity (Wildman–Crippen MR) is 76.8 cm³/mol. The van der Waals surface area contributed by atoms with Crippen LogP contribution in [0.2, 0.25) is 0 Å². The molecule has 1 aliphatic rings. The van der Waals surface area contributed by atoms with Gasteiger partial charge in [0.1, 0.15) is 6.07 Å². The molecule has 0 bridgehead atoms. The van der Waals surface area contributed by atoms with Gasteiger partial charge in [-0.2, -0.15) is 5.26 Å². The van der Waals surface area contributed by atoms with Crippen LogP contribution < -0.4 is 11.1 Å². The van der Waals surface area contributed by atoms with Gasteiger partial charge >= 0.3 is 0 Å². The summed E-state index contributed by atoms with van der Waals surface area (Å²) in [6.45, 7) is 0. The van der Waals surface area contributed by atoms with Crippen LogP contribution in [0.25, 0.3) is 0 Å². The highest BCUT2D eigenvalue weighted by molar-refractivity contribution is 5.73. The number of hydrogen-bond acceptors (Lipinski definition) is 3. The van der Waals surface area contributed by atoms with Crippen LogP contribution in [0.1, 0.15) is 16.7 Å². The van der Waals surface area contributed by atoms with E-state index in [1.165, 1.54) is 11.1 Å².